The summed E-state index contributed by atoms with van der Waals surface area (Å²) >= 11 is 0. The van der Waals surface area contributed by atoms with Crippen LogP contribution in [0.15, 0.2) is 96.0 Å². The molecule has 1 aliphatic heterocycles. The van der Waals surface area contributed by atoms with Crippen LogP contribution in [0.3, 0.4) is 0 Å². The number of nitrogens with two attached hydrogens (primary N) is 1. The summed E-state index contributed by atoms with van der Waals surface area (Å²) in [4.78, 5) is 57.9. The number of rotatable bonds is 7. The molecule has 0 aromatic heterocycles. The number of carboxylic acid groups (broad SMARTS) is 1. The number of benzene rings is 7. The van der Waals surface area contributed by atoms with Gasteiger partial charge in [0.1, 0.15) is 5.84 Å². The average Bonchev–Trinajstić information content (AvgIpc) is 3.11. The lowest BCUT2D eigenvalue weighted by Crippen LogP contribution is -2.34. The zero-order chi connectivity index (χ0) is 34.8. The van der Waals surface area contributed by atoms with E-state index in [4.69, 9.17) is 10.7 Å². The first-order valence-corrected chi connectivity index (χ1v) is 16.1. The minimum absolute atomic E-state index is 0.0433. The molecule has 1 heterocycles. The molecule has 244 valence electrons. The lowest BCUT2D eigenvalue weighted by Gasteiger charge is -2.23. The quantitative estimate of drug-likeness (QED) is 0.0488. The number of aromatic carboxylic acids is 1. The minimum Gasteiger partial charge on any atom is -0.478 e. The second kappa shape index (κ2) is 11.5. The number of amidine groups is 1. The van der Waals surface area contributed by atoms with E-state index in [2.05, 4.69) is 10.6 Å². The third-order valence-electron chi connectivity index (χ3n) is 9.85. The summed E-state index contributed by atoms with van der Waals surface area (Å²) in [6.45, 7) is 4.49. The van der Waals surface area contributed by atoms with E-state index in [-0.39, 0.29) is 30.4 Å². The molecule has 8 rings (SSSR count). The lowest BCUT2D eigenvalue weighted by atomic mass is 9.81. The van der Waals surface area contributed by atoms with Crippen molar-refractivity contribution in [3.05, 3.63) is 141 Å². The van der Waals surface area contributed by atoms with Gasteiger partial charge in [0.05, 0.1) is 12.1 Å². The Labute approximate surface area is 285 Å². The topological polar surface area (TPSA) is 151 Å². The molecule has 1 aliphatic rings. The molecule has 0 radical (unpaired) electrons. The number of carbonyl (C=O) groups is 4. The first-order chi connectivity index (χ1) is 24.1. The molecule has 0 saturated carbocycles. The molecule has 0 atom stereocenters. The van der Waals surface area contributed by atoms with Crippen LogP contribution in [0.25, 0.3) is 43.1 Å². The SMILES string of the molecule is Cc1ccccc1CN=C(N)c1cc(C(=O)O)c2c3ccc4c5c(ccc(c6ccc(C(=O)NCc7ccccc7C)c1c62)c53)C(=O)NC4=O. The Kier molecular flexibility index (Phi) is 7.08. The van der Waals surface area contributed by atoms with E-state index in [0.29, 0.717) is 65.3 Å². The van der Waals surface area contributed by atoms with Gasteiger partial charge in [-0.2, -0.15) is 0 Å². The molecule has 7 aromatic rings. The zero-order valence-electron chi connectivity index (χ0n) is 27.2. The van der Waals surface area contributed by atoms with Crippen LogP contribution in [0.4, 0.5) is 0 Å². The number of carboxylic acids is 1. The van der Waals surface area contributed by atoms with Gasteiger partial charge in [0.2, 0.25) is 0 Å². The van der Waals surface area contributed by atoms with Crippen LogP contribution in [0.2, 0.25) is 0 Å². The summed E-state index contributed by atoms with van der Waals surface area (Å²) in [7, 11) is 0. The minimum atomic E-state index is -1.20. The Morgan fingerprint density at radius 2 is 1.28 bits per heavy atom. The summed E-state index contributed by atoms with van der Waals surface area (Å²) in [6, 6.07) is 27.4. The van der Waals surface area contributed by atoms with E-state index in [9.17, 15) is 24.3 Å². The highest BCUT2D eigenvalue weighted by Crippen LogP contribution is 2.46. The molecule has 3 amide bonds. The molecular formula is C41H30N4O5. The predicted octanol–water partition coefficient (Wildman–Crippen LogP) is 6.77. The summed E-state index contributed by atoms with van der Waals surface area (Å²) < 4.78 is 0. The maximum absolute atomic E-state index is 14.1. The van der Waals surface area contributed by atoms with Gasteiger partial charge in [-0.1, -0.05) is 66.7 Å². The number of aryl methyl sites for hydroxylation is 2. The Balaban J connectivity index is 1.45. The number of carbonyl (C=O) groups excluding carboxylic acids is 3. The number of hydrogen-bond donors (Lipinski definition) is 4. The molecule has 0 unspecified atom stereocenters. The number of fused-ring (bicyclic) bond motifs is 2. The van der Waals surface area contributed by atoms with E-state index >= 15 is 0 Å². The Bertz CT molecular complexity index is 2660. The van der Waals surface area contributed by atoms with E-state index < -0.39 is 17.8 Å². The monoisotopic (exact) mass is 658 g/mol. The number of hydrogen-bond acceptors (Lipinski definition) is 5. The first kappa shape index (κ1) is 30.7. The van der Waals surface area contributed by atoms with Gasteiger partial charge in [-0.15, -0.1) is 0 Å². The summed E-state index contributed by atoms with van der Waals surface area (Å²) in [5, 5.41) is 20.5. The normalized spacial score (nSPS) is 13.0. The van der Waals surface area contributed by atoms with Crippen LogP contribution in [-0.2, 0) is 13.1 Å². The van der Waals surface area contributed by atoms with Crippen LogP contribution < -0.4 is 16.4 Å². The number of imide groups is 1. The van der Waals surface area contributed by atoms with Crippen molar-refractivity contribution < 1.29 is 24.3 Å². The largest absolute Gasteiger partial charge is 0.478 e. The van der Waals surface area contributed by atoms with Gasteiger partial charge in [-0.05, 0) is 87.3 Å². The fourth-order valence-corrected chi connectivity index (χ4v) is 7.30. The molecule has 0 saturated heterocycles. The summed E-state index contributed by atoms with van der Waals surface area (Å²) in [6.07, 6.45) is 0. The fourth-order valence-electron chi connectivity index (χ4n) is 7.30. The molecule has 9 heteroatoms. The van der Waals surface area contributed by atoms with Gasteiger partial charge in [0.15, 0.2) is 0 Å². The van der Waals surface area contributed by atoms with Crippen molar-refractivity contribution in [1.29, 1.82) is 0 Å². The smallest absolute Gasteiger partial charge is 0.336 e. The molecule has 7 aromatic carbocycles. The number of nitrogens with zero attached hydrogens (tertiary/aromatic N) is 1. The van der Waals surface area contributed by atoms with Gasteiger partial charge in [-0.3, -0.25) is 24.7 Å². The Hall–Kier alpha value is -6.61. The van der Waals surface area contributed by atoms with E-state index in [1.165, 1.54) is 6.07 Å². The van der Waals surface area contributed by atoms with Gasteiger partial charge < -0.3 is 16.2 Å². The molecule has 0 fully saturated rings. The van der Waals surface area contributed by atoms with Crippen molar-refractivity contribution in [3.63, 3.8) is 0 Å². The van der Waals surface area contributed by atoms with Crippen molar-refractivity contribution in [2.45, 2.75) is 26.9 Å². The van der Waals surface area contributed by atoms with Crippen molar-refractivity contribution in [2.24, 2.45) is 10.7 Å². The molecule has 9 nitrogen and oxygen atoms in total. The van der Waals surface area contributed by atoms with E-state index in [1.54, 1.807) is 36.4 Å². The molecule has 50 heavy (non-hydrogen) atoms. The summed E-state index contributed by atoms with van der Waals surface area (Å²) in [5.41, 5.74) is 12.0. The average molecular weight is 659 g/mol. The van der Waals surface area contributed by atoms with Crippen LogP contribution in [0, 0.1) is 13.8 Å². The zero-order valence-corrected chi connectivity index (χ0v) is 27.2. The maximum Gasteiger partial charge on any atom is 0.336 e. The van der Waals surface area contributed by atoms with Crippen molar-refractivity contribution in [1.82, 2.24) is 10.6 Å². The van der Waals surface area contributed by atoms with Gasteiger partial charge in [0, 0.05) is 45.0 Å². The Morgan fingerprint density at radius 1 is 0.680 bits per heavy atom. The van der Waals surface area contributed by atoms with Crippen LogP contribution >= 0.6 is 0 Å². The number of nitrogens with one attached hydrogen (secondary N) is 2. The van der Waals surface area contributed by atoms with E-state index in [1.807, 2.05) is 62.4 Å². The predicted molar refractivity (Wildman–Crippen MR) is 194 cm³/mol. The first-order valence-electron chi connectivity index (χ1n) is 16.1. The van der Waals surface area contributed by atoms with Crippen LogP contribution in [-0.4, -0.2) is 34.6 Å². The maximum atomic E-state index is 14.1. The van der Waals surface area contributed by atoms with E-state index in [0.717, 1.165) is 22.3 Å². The van der Waals surface area contributed by atoms with Gasteiger partial charge >= 0.3 is 5.97 Å². The van der Waals surface area contributed by atoms with Gasteiger partial charge in [0.25, 0.3) is 17.7 Å². The molecule has 5 N–H and O–H groups in total. The highest BCUT2D eigenvalue weighted by atomic mass is 16.4. The number of amides is 3. The molecule has 0 aliphatic carbocycles. The van der Waals surface area contributed by atoms with Gasteiger partial charge in [-0.25, -0.2) is 4.79 Å². The number of aliphatic imine (C=N–C) groups is 1. The lowest BCUT2D eigenvalue weighted by molar-refractivity contribution is 0.0697. The second-order valence-electron chi connectivity index (χ2n) is 12.7. The second-order valence-corrected chi connectivity index (χ2v) is 12.7. The van der Waals surface area contributed by atoms with Crippen molar-refractivity contribution in [3.8, 4) is 0 Å². The van der Waals surface area contributed by atoms with Crippen LogP contribution in [0.5, 0.6) is 0 Å². The third kappa shape index (κ3) is 4.66. The molecule has 0 spiro atoms. The fraction of sp³-hybridized carbons (Fsp3) is 0.0976. The Morgan fingerprint density at radius 3 is 1.94 bits per heavy atom. The molecular weight excluding hydrogens is 628 g/mol. The summed E-state index contributed by atoms with van der Waals surface area (Å²) in [5.74, 6) is -2.51. The molecule has 0 bridgehead atoms. The standard InChI is InChI=1S/C41H30N4O5/c1-20-7-3-5-9-22(20)18-43-37(42)30-17-31(41(49)50)33-26-13-16-29-34-28(39(47)45-40(29)48)15-11-24(32(26)34)25-12-14-27(35(30)36(25)33)38(46)44-19-23-10-6-4-8-21(23)2/h3-17H,18-19H2,1-2H3,(H2,42,43)(H,44,46)(H,49,50)(H,45,47,48). The van der Waals surface area contributed by atoms with Crippen molar-refractivity contribution >= 4 is 72.6 Å². The van der Waals surface area contributed by atoms with Crippen LogP contribution in [0.1, 0.15) is 69.2 Å². The highest BCUT2D eigenvalue weighted by Gasteiger charge is 2.30. The van der Waals surface area contributed by atoms with Crippen molar-refractivity contribution in [2.75, 3.05) is 0 Å². The third-order valence-corrected chi connectivity index (χ3v) is 9.85. The highest BCUT2D eigenvalue weighted by molar-refractivity contribution is 6.41.